The zero-order chi connectivity index (χ0) is 13.6. The predicted octanol–water partition coefficient (Wildman–Crippen LogP) is 1.71. The number of hydrogen-bond donors (Lipinski definition) is 0. The van der Waals surface area contributed by atoms with Gasteiger partial charge in [-0.15, -0.1) is 18.2 Å². The Morgan fingerprint density at radius 1 is 1.41 bits per heavy atom. The van der Waals surface area contributed by atoms with E-state index in [4.69, 9.17) is 11.6 Å². The summed E-state index contributed by atoms with van der Waals surface area (Å²) >= 11 is 5.13. The lowest BCUT2D eigenvalue weighted by Crippen LogP contribution is -2.49. The summed E-state index contributed by atoms with van der Waals surface area (Å²) in [6, 6.07) is 0. The van der Waals surface area contributed by atoms with Gasteiger partial charge in [-0.2, -0.15) is 8.78 Å². The molecule has 0 aliphatic carbocycles. The number of rotatable bonds is 7. The third kappa shape index (κ3) is 4.33. The van der Waals surface area contributed by atoms with Gasteiger partial charge in [0.25, 0.3) is 5.91 Å². The molecule has 0 aromatic rings. The van der Waals surface area contributed by atoms with Gasteiger partial charge in [-0.1, -0.05) is 6.08 Å². The van der Waals surface area contributed by atoms with Crippen molar-refractivity contribution in [3.63, 3.8) is 0 Å². The minimum absolute atomic E-state index is 0.282. The van der Waals surface area contributed by atoms with Gasteiger partial charge in [0, 0.05) is 6.54 Å². The van der Waals surface area contributed by atoms with E-state index >= 15 is 0 Å². The molecule has 8 heteroatoms. The molecule has 0 spiro atoms. The topological polar surface area (TPSA) is 37.4 Å². The third-order valence-electron chi connectivity index (χ3n) is 1.71. The number of nitrogens with zero attached hydrogens (tertiary/aromatic N) is 1. The summed E-state index contributed by atoms with van der Waals surface area (Å²) < 4.78 is 49.4. The first-order chi connectivity index (χ1) is 7.77. The fourth-order valence-corrected chi connectivity index (χ4v) is 1.02. The van der Waals surface area contributed by atoms with Crippen LogP contribution in [0.2, 0.25) is 0 Å². The fourth-order valence-electron chi connectivity index (χ4n) is 0.934. The molecule has 3 nitrogen and oxygen atoms in total. The standard InChI is InChI=1S/C9H10ClF4NO2/c1-2-3-15(5-6(16)4-10)8(17)9(13,14)7(11)12/h2,7H,1,3-5H2. The van der Waals surface area contributed by atoms with E-state index in [1.807, 2.05) is 0 Å². The van der Waals surface area contributed by atoms with Crippen LogP contribution in [0, 0.1) is 0 Å². The number of halogens is 5. The smallest absolute Gasteiger partial charge is 0.326 e. The molecule has 0 saturated carbocycles. The van der Waals surface area contributed by atoms with Crippen LogP contribution in [-0.4, -0.2) is 47.9 Å². The Bertz CT molecular complexity index is 309. The first-order valence-corrected chi connectivity index (χ1v) is 4.94. The molecule has 0 rings (SSSR count). The highest BCUT2D eigenvalue weighted by molar-refractivity contribution is 6.28. The Morgan fingerprint density at radius 2 is 1.94 bits per heavy atom. The highest BCUT2D eigenvalue weighted by Gasteiger charge is 2.51. The summed E-state index contributed by atoms with van der Waals surface area (Å²) in [7, 11) is 0. The molecule has 0 aliphatic heterocycles. The zero-order valence-electron chi connectivity index (χ0n) is 8.64. The Labute approximate surface area is 100 Å². The van der Waals surface area contributed by atoms with Crippen LogP contribution < -0.4 is 0 Å². The number of hydrogen-bond acceptors (Lipinski definition) is 2. The Hall–Kier alpha value is -1.11. The molecule has 0 aromatic carbocycles. The van der Waals surface area contributed by atoms with Crippen LogP contribution in [-0.2, 0) is 9.59 Å². The van der Waals surface area contributed by atoms with Crippen molar-refractivity contribution in [1.29, 1.82) is 0 Å². The van der Waals surface area contributed by atoms with E-state index in [2.05, 4.69) is 6.58 Å². The van der Waals surface area contributed by atoms with E-state index in [0.29, 0.717) is 0 Å². The number of carbonyl (C=O) groups excluding carboxylic acids is 2. The normalized spacial score (nSPS) is 11.4. The highest BCUT2D eigenvalue weighted by Crippen LogP contribution is 2.25. The van der Waals surface area contributed by atoms with Crippen molar-refractivity contribution in [3.05, 3.63) is 12.7 Å². The van der Waals surface area contributed by atoms with Gasteiger partial charge in [-0.25, -0.2) is 8.78 Å². The van der Waals surface area contributed by atoms with Crippen LogP contribution in [0.25, 0.3) is 0 Å². The largest absolute Gasteiger partial charge is 0.383 e. The average Bonchev–Trinajstić information content (AvgIpc) is 2.26. The SMILES string of the molecule is C=CCN(CC(=O)CCl)C(=O)C(F)(F)C(F)F. The zero-order valence-corrected chi connectivity index (χ0v) is 9.39. The molecule has 0 N–H and O–H groups in total. The molecule has 0 saturated heterocycles. The molecule has 0 radical (unpaired) electrons. The number of Topliss-reactive ketones (excluding diaryl/α,β-unsaturated/α-hetero) is 1. The quantitative estimate of drug-likeness (QED) is 0.403. The van der Waals surface area contributed by atoms with Crippen molar-refractivity contribution >= 4 is 23.3 Å². The Morgan fingerprint density at radius 3 is 2.29 bits per heavy atom. The number of amides is 1. The second-order valence-electron chi connectivity index (χ2n) is 3.07. The molecule has 0 unspecified atom stereocenters. The minimum Gasteiger partial charge on any atom is -0.326 e. The maximum Gasteiger partial charge on any atom is 0.383 e. The van der Waals surface area contributed by atoms with Crippen LogP contribution >= 0.6 is 11.6 Å². The van der Waals surface area contributed by atoms with Crippen molar-refractivity contribution in [2.45, 2.75) is 12.3 Å². The summed E-state index contributed by atoms with van der Waals surface area (Å²) in [5, 5.41) is 0. The molecule has 98 valence electrons. The van der Waals surface area contributed by atoms with Crippen LogP contribution in [0.3, 0.4) is 0 Å². The summed E-state index contributed by atoms with van der Waals surface area (Å²) in [6.45, 7) is 1.98. The summed E-state index contributed by atoms with van der Waals surface area (Å²) in [5.74, 6) is -8.17. The van der Waals surface area contributed by atoms with Gasteiger partial charge in [0.1, 0.15) is 0 Å². The molecule has 0 heterocycles. The number of alkyl halides is 5. The Kier molecular flexibility index (Phi) is 6.15. The molecular formula is C9H10ClF4NO2. The van der Waals surface area contributed by atoms with Gasteiger partial charge >= 0.3 is 12.3 Å². The lowest BCUT2D eigenvalue weighted by Gasteiger charge is -2.24. The van der Waals surface area contributed by atoms with E-state index < -0.39 is 43.0 Å². The van der Waals surface area contributed by atoms with Gasteiger partial charge in [0.15, 0.2) is 5.78 Å². The van der Waals surface area contributed by atoms with Gasteiger partial charge in [-0.3, -0.25) is 9.59 Å². The molecule has 17 heavy (non-hydrogen) atoms. The molecule has 0 atom stereocenters. The molecule has 0 fully saturated rings. The van der Waals surface area contributed by atoms with Crippen molar-refractivity contribution in [3.8, 4) is 0 Å². The summed E-state index contributed by atoms with van der Waals surface area (Å²) in [5.41, 5.74) is 0. The highest BCUT2D eigenvalue weighted by atomic mass is 35.5. The van der Waals surface area contributed by atoms with Crippen molar-refractivity contribution < 1.29 is 27.2 Å². The van der Waals surface area contributed by atoms with Gasteiger partial charge in [0.2, 0.25) is 0 Å². The third-order valence-corrected chi connectivity index (χ3v) is 2.01. The molecule has 0 bridgehead atoms. The minimum atomic E-state index is -4.82. The van der Waals surface area contributed by atoms with E-state index in [1.54, 1.807) is 0 Å². The van der Waals surface area contributed by atoms with Crippen molar-refractivity contribution in [2.75, 3.05) is 19.0 Å². The van der Waals surface area contributed by atoms with Crippen LogP contribution in [0.4, 0.5) is 17.6 Å². The van der Waals surface area contributed by atoms with Crippen LogP contribution in [0.15, 0.2) is 12.7 Å². The first-order valence-electron chi connectivity index (χ1n) is 4.41. The average molecular weight is 276 g/mol. The lowest BCUT2D eigenvalue weighted by molar-refractivity contribution is -0.180. The van der Waals surface area contributed by atoms with Crippen LogP contribution in [0.1, 0.15) is 0 Å². The first kappa shape index (κ1) is 15.9. The van der Waals surface area contributed by atoms with Gasteiger partial charge in [0.05, 0.1) is 12.4 Å². The van der Waals surface area contributed by atoms with Crippen molar-refractivity contribution in [2.24, 2.45) is 0 Å². The predicted molar refractivity (Wildman–Crippen MR) is 53.5 cm³/mol. The molecule has 0 aromatic heterocycles. The maximum absolute atomic E-state index is 12.7. The number of ketones is 1. The lowest BCUT2D eigenvalue weighted by atomic mass is 10.2. The second kappa shape index (κ2) is 6.58. The van der Waals surface area contributed by atoms with Crippen LogP contribution in [0.5, 0.6) is 0 Å². The molecular weight excluding hydrogens is 266 g/mol. The summed E-state index contributed by atoms with van der Waals surface area (Å²) in [6.07, 6.45) is -3.09. The van der Waals surface area contributed by atoms with E-state index in [9.17, 15) is 27.2 Å². The fraction of sp³-hybridized carbons (Fsp3) is 0.556. The molecule has 0 aliphatic rings. The Balaban J connectivity index is 4.87. The van der Waals surface area contributed by atoms with Gasteiger partial charge in [-0.05, 0) is 0 Å². The van der Waals surface area contributed by atoms with Gasteiger partial charge < -0.3 is 4.90 Å². The van der Waals surface area contributed by atoms with E-state index in [-0.39, 0.29) is 4.90 Å². The summed E-state index contributed by atoms with van der Waals surface area (Å²) in [4.78, 5) is 22.3. The van der Waals surface area contributed by atoms with E-state index in [0.717, 1.165) is 6.08 Å². The number of carbonyl (C=O) groups is 2. The maximum atomic E-state index is 12.7. The van der Waals surface area contributed by atoms with Crippen molar-refractivity contribution in [1.82, 2.24) is 4.90 Å². The monoisotopic (exact) mass is 275 g/mol. The molecule has 1 amide bonds. The van der Waals surface area contributed by atoms with E-state index in [1.165, 1.54) is 0 Å². The second-order valence-corrected chi connectivity index (χ2v) is 3.34.